The van der Waals surface area contributed by atoms with Gasteiger partial charge in [-0.05, 0) is 33.0 Å². The Labute approximate surface area is 96.8 Å². The van der Waals surface area contributed by atoms with Crippen molar-refractivity contribution < 1.29 is 14.7 Å². The second-order valence-electron chi connectivity index (χ2n) is 3.93. The lowest BCUT2D eigenvalue weighted by Gasteiger charge is -2.15. The fraction of sp³-hybridized carbons (Fsp3) is 0.818. The van der Waals surface area contributed by atoms with E-state index in [0.717, 1.165) is 19.5 Å². The molecule has 16 heavy (non-hydrogen) atoms. The van der Waals surface area contributed by atoms with Crippen molar-refractivity contribution >= 4 is 11.9 Å². The summed E-state index contributed by atoms with van der Waals surface area (Å²) in [6, 6.07) is 0. The normalized spacial score (nSPS) is 10.4. The highest BCUT2D eigenvalue weighted by Gasteiger charge is 2.04. The zero-order valence-corrected chi connectivity index (χ0v) is 10.2. The van der Waals surface area contributed by atoms with Crippen molar-refractivity contribution in [3.8, 4) is 0 Å². The van der Waals surface area contributed by atoms with Gasteiger partial charge in [0, 0.05) is 6.42 Å². The number of carboxylic acids is 1. The van der Waals surface area contributed by atoms with Crippen LogP contribution < -0.4 is 5.32 Å². The van der Waals surface area contributed by atoms with Gasteiger partial charge in [0.2, 0.25) is 5.91 Å². The van der Waals surface area contributed by atoms with E-state index in [0.29, 0.717) is 6.42 Å². The Balaban J connectivity index is 3.42. The minimum atomic E-state index is -1.01. The molecule has 0 aliphatic rings. The molecular weight excluding hydrogens is 208 g/mol. The van der Waals surface area contributed by atoms with Gasteiger partial charge in [-0.1, -0.05) is 13.3 Å². The smallest absolute Gasteiger partial charge is 0.322 e. The number of hydrogen-bond acceptors (Lipinski definition) is 3. The van der Waals surface area contributed by atoms with E-state index in [1.807, 2.05) is 7.05 Å². The van der Waals surface area contributed by atoms with Crippen LogP contribution in [-0.2, 0) is 9.59 Å². The van der Waals surface area contributed by atoms with Gasteiger partial charge >= 0.3 is 5.97 Å². The maximum Gasteiger partial charge on any atom is 0.322 e. The van der Waals surface area contributed by atoms with E-state index < -0.39 is 5.97 Å². The van der Waals surface area contributed by atoms with Crippen LogP contribution in [0.3, 0.4) is 0 Å². The summed E-state index contributed by atoms with van der Waals surface area (Å²) in [4.78, 5) is 23.5. The number of nitrogens with one attached hydrogen (secondary N) is 1. The Morgan fingerprint density at radius 1 is 1.25 bits per heavy atom. The fourth-order valence-corrected chi connectivity index (χ4v) is 1.31. The van der Waals surface area contributed by atoms with E-state index in [9.17, 15) is 9.59 Å². The van der Waals surface area contributed by atoms with Gasteiger partial charge in [-0.3, -0.25) is 9.59 Å². The Morgan fingerprint density at radius 2 is 1.88 bits per heavy atom. The summed E-state index contributed by atoms with van der Waals surface area (Å²) in [6.07, 6.45) is 3.50. The Morgan fingerprint density at radius 3 is 2.44 bits per heavy atom. The zero-order valence-electron chi connectivity index (χ0n) is 10.2. The van der Waals surface area contributed by atoms with Crippen molar-refractivity contribution in [2.75, 3.05) is 26.7 Å². The highest BCUT2D eigenvalue weighted by molar-refractivity contribution is 5.80. The van der Waals surface area contributed by atoms with E-state index in [4.69, 9.17) is 5.11 Å². The highest BCUT2D eigenvalue weighted by atomic mass is 16.4. The first-order valence-electron chi connectivity index (χ1n) is 5.73. The van der Waals surface area contributed by atoms with Crippen LogP contribution in [0.25, 0.3) is 0 Å². The molecule has 0 bridgehead atoms. The number of hydrogen-bond donors (Lipinski definition) is 2. The minimum absolute atomic E-state index is 0.189. The van der Waals surface area contributed by atoms with Gasteiger partial charge in [-0.2, -0.15) is 0 Å². The third-order valence-corrected chi connectivity index (χ3v) is 2.27. The number of carbonyl (C=O) groups is 2. The predicted molar refractivity (Wildman–Crippen MR) is 62.3 cm³/mol. The summed E-state index contributed by atoms with van der Waals surface area (Å²) >= 11 is 0. The van der Waals surface area contributed by atoms with Gasteiger partial charge in [-0.15, -0.1) is 0 Å². The van der Waals surface area contributed by atoms with Crippen LogP contribution in [0.5, 0.6) is 0 Å². The second kappa shape index (κ2) is 9.15. The number of rotatable bonds is 9. The molecule has 0 aromatic carbocycles. The third kappa shape index (κ3) is 9.45. The first-order valence-corrected chi connectivity index (χ1v) is 5.73. The first-order chi connectivity index (χ1) is 7.56. The number of unbranched alkanes of at least 4 members (excludes halogenated alkanes) is 1. The van der Waals surface area contributed by atoms with Crippen LogP contribution in [-0.4, -0.2) is 48.6 Å². The lowest BCUT2D eigenvalue weighted by molar-refractivity contribution is -0.137. The molecule has 94 valence electrons. The summed E-state index contributed by atoms with van der Waals surface area (Å²) in [5.74, 6) is -1.19. The summed E-state index contributed by atoms with van der Waals surface area (Å²) in [7, 11) is 2.03. The van der Waals surface area contributed by atoms with Gasteiger partial charge in [0.25, 0.3) is 0 Å². The number of nitrogens with zero attached hydrogens (tertiary/aromatic N) is 1. The maximum atomic E-state index is 11.2. The van der Waals surface area contributed by atoms with E-state index in [1.165, 1.54) is 12.8 Å². The van der Waals surface area contributed by atoms with E-state index in [1.54, 1.807) is 0 Å². The molecule has 0 fully saturated rings. The molecule has 0 saturated heterocycles. The third-order valence-electron chi connectivity index (χ3n) is 2.27. The summed E-state index contributed by atoms with van der Waals surface area (Å²) in [6.45, 7) is 3.78. The van der Waals surface area contributed by atoms with Crippen molar-refractivity contribution in [3.63, 3.8) is 0 Å². The molecule has 0 aromatic rings. The Kier molecular flexibility index (Phi) is 8.52. The molecule has 5 nitrogen and oxygen atoms in total. The lowest BCUT2D eigenvalue weighted by atomic mass is 10.2. The maximum absolute atomic E-state index is 11.2. The number of carbonyl (C=O) groups excluding carboxylic acids is 1. The van der Waals surface area contributed by atoms with Crippen LogP contribution in [0, 0.1) is 0 Å². The van der Waals surface area contributed by atoms with Crippen LogP contribution in [0.1, 0.15) is 32.6 Å². The van der Waals surface area contributed by atoms with Crippen molar-refractivity contribution in [1.29, 1.82) is 0 Å². The van der Waals surface area contributed by atoms with Crippen LogP contribution in [0.15, 0.2) is 0 Å². The van der Waals surface area contributed by atoms with E-state index in [-0.39, 0.29) is 12.5 Å². The van der Waals surface area contributed by atoms with Gasteiger partial charge in [0.05, 0.1) is 0 Å². The molecule has 5 heteroatoms. The molecule has 0 spiro atoms. The topological polar surface area (TPSA) is 69.6 Å². The van der Waals surface area contributed by atoms with Gasteiger partial charge in [0.15, 0.2) is 0 Å². The van der Waals surface area contributed by atoms with Crippen molar-refractivity contribution in [2.24, 2.45) is 0 Å². The molecule has 0 radical (unpaired) electrons. The molecule has 0 saturated carbocycles. The molecule has 0 aliphatic heterocycles. The quantitative estimate of drug-likeness (QED) is 0.611. The average Bonchev–Trinajstić information content (AvgIpc) is 2.23. The standard InChI is InChI=1S/C11H22N2O3/c1-3-4-7-13(2)8-5-6-10(14)12-9-11(15)16/h3-9H2,1-2H3,(H,12,14)(H,15,16). The zero-order chi connectivity index (χ0) is 12.4. The SMILES string of the molecule is CCCCN(C)CCCC(=O)NCC(=O)O. The van der Waals surface area contributed by atoms with Gasteiger partial charge in [-0.25, -0.2) is 0 Å². The molecule has 0 aromatic heterocycles. The molecule has 0 rings (SSSR count). The first kappa shape index (κ1) is 14.9. The van der Waals surface area contributed by atoms with Crippen molar-refractivity contribution in [3.05, 3.63) is 0 Å². The predicted octanol–water partition coefficient (Wildman–Crippen LogP) is 0.699. The van der Waals surface area contributed by atoms with Crippen LogP contribution in [0.4, 0.5) is 0 Å². The van der Waals surface area contributed by atoms with Gasteiger partial charge < -0.3 is 15.3 Å². The number of carboxylic acid groups (broad SMARTS) is 1. The monoisotopic (exact) mass is 230 g/mol. The van der Waals surface area contributed by atoms with Crippen molar-refractivity contribution in [2.45, 2.75) is 32.6 Å². The highest BCUT2D eigenvalue weighted by Crippen LogP contribution is 1.96. The lowest BCUT2D eigenvalue weighted by Crippen LogP contribution is -2.30. The largest absolute Gasteiger partial charge is 0.480 e. The van der Waals surface area contributed by atoms with Crippen LogP contribution in [0.2, 0.25) is 0 Å². The Hall–Kier alpha value is -1.10. The van der Waals surface area contributed by atoms with Crippen LogP contribution >= 0.6 is 0 Å². The van der Waals surface area contributed by atoms with E-state index in [2.05, 4.69) is 17.1 Å². The molecule has 0 aliphatic carbocycles. The van der Waals surface area contributed by atoms with Gasteiger partial charge in [0.1, 0.15) is 6.54 Å². The number of aliphatic carboxylic acids is 1. The molecule has 0 atom stereocenters. The summed E-state index contributed by atoms with van der Waals surface area (Å²) in [5.41, 5.74) is 0. The Bertz CT molecular complexity index is 219. The molecule has 1 amide bonds. The fourth-order valence-electron chi connectivity index (χ4n) is 1.31. The number of amides is 1. The molecule has 2 N–H and O–H groups in total. The average molecular weight is 230 g/mol. The summed E-state index contributed by atoms with van der Waals surface area (Å²) < 4.78 is 0. The van der Waals surface area contributed by atoms with E-state index >= 15 is 0 Å². The second-order valence-corrected chi connectivity index (χ2v) is 3.93. The summed E-state index contributed by atoms with van der Waals surface area (Å²) in [5, 5.41) is 10.7. The minimum Gasteiger partial charge on any atom is -0.480 e. The molecule has 0 unspecified atom stereocenters. The molecular formula is C11H22N2O3. The van der Waals surface area contributed by atoms with Crippen molar-refractivity contribution in [1.82, 2.24) is 10.2 Å². The molecule has 0 heterocycles.